The normalized spacial score (nSPS) is 10.8. The standard InChI is InChI=1S/C18H15N5/c1-2-4-13(5-3-1)8-20-17-7-15(9-19-12-17)14-6-16-11-22-23-18(16)21-10-14/h1-7,9-12,20H,8H2,(H,21,22,23). The number of H-pyrrole nitrogens is 1. The van der Waals surface area contributed by atoms with Gasteiger partial charge >= 0.3 is 0 Å². The number of fused-ring (bicyclic) bond motifs is 1. The zero-order valence-corrected chi connectivity index (χ0v) is 12.4. The summed E-state index contributed by atoms with van der Waals surface area (Å²) in [4.78, 5) is 8.70. The Hall–Kier alpha value is -3.21. The summed E-state index contributed by atoms with van der Waals surface area (Å²) in [6.45, 7) is 0.769. The van der Waals surface area contributed by atoms with E-state index in [1.54, 1.807) is 6.20 Å². The van der Waals surface area contributed by atoms with Crippen LogP contribution in [0.3, 0.4) is 0 Å². The van der Waals surface area contributed by atoms with Crippen molar-refractivity contribution < 1.29 is 0 Å². The van der Waals surface area contributed by atoms with E-state index in [9.17, 15) is 0 Å². The molecule has 0 saturated carbocycles. The first kappa shape index (κ1) is 13.5. The second kappa shape index (κ2) is 5.88. The van der Waals surface area contributed by atoms with Gasteiger partial charge in [-0.05, 0) is 17.7 Å². The van der Waals surface area contributed by atoms with Crippen molar-refractivity contribution in [3.05, 3.63) is 72.8 Å². The van der Waals surface area contributed by atoms with Crippen LogP contribution in [0.4, 0.5) is 5.69 Å². The Morgan fingerprint density at radius 1 is 0.913 bits per heavy atom. The zero-order chi connectivity index (χ0) is 15.5. The molecular weight excluding hydrogens is 286 g/mol. The monoisotopic (exact) mass is 301 g/mol. The summed E-state index contributed by atoms with van der Waals surface area (Å²) in [5.74, 6) is 0. The number of hydrogen-bond acceptors (Lipinski definition) is 4. The highest BCUT2D eigenvalue weighted by Crippen LogP contribution is 2.23. The Bertz CT molecular complexity index is 930. The van der Waals surface area contributed by atoms with Crippen LogP contribution in [0.15, 0.2) is 67.3 Å². The molecule has 0 unspecified atom stereocenters. The van der Waals surface area contributed by atoms with Crippen molar-refractivity contribution in [3.8, 4) is 11.1 Å². The van der Waals surface area contributed by atoms with E-state index in [0.29, 0.717) is 0 Å². The van der Waals surface area contributed by atoms with Crippen LogP contribution >= 0.6 is 0 Å². The van der Waals surface area contributed by atoms with Crippen LogP contribution in [0.2, 0.25) is 0 Å². The molecule has 4 rings (SSSR count). The summed E-state index contributed by atoms with van der Waals surface area (Å²) < 4.78 is 0. The van der Waals surface area contributed by atoms with Gasteiger partial charge in [0.1, 0.15) is 0 Å². The lowest BCUT2D eigenvalue weighted by Crippen LogP contribution is -1.99. The first-order valence-electron chi connectivity index (χ1n) is 7.41. The van der Waals surface area contributed by atoms with Gasteiger partial charge in [0, 0.05) is 41.6 Å². The van der Waals surface area contributed by atoms with E-state index in [1.807, 2.05) is 36.8 Å². The number of rotatable bonds is 4. The number of aromatic nitrogens is 4. The highest BCUT2D eigenvalue weighted by Gasteiger charge is 2.04. The van der Waals surface area contributed by atoms with Gasteiger partial charge in [0.05, 0.1) is 11.9 Å². The maximum absolute atomic E-state index is 4.37. The van der Waals surface area contributed by atoms with E-state index >= 15 is 0 Å². The summed E-state index contributed by atoms with van der Waals surface area (Å²) in [7, 11) is 0. The minimum Gasteiger partial charge on any atom is -0.380 e. The van der Waals surface area contributed by atoms with Crippen LogP contribution in [0.1, 0.15) is 5.56 Å². The number of aromatic amines is 1. The maximum Gasteiger partial charge on any atom is 0.155 e. The van der Waals surface area contributed by atoms with Gasteiger partial charge in [-0.15, -0.1) is 0 Å². The lowest BCUT2D eigenvalue weighted by Gasteiger charge is -2.08. The summed E-state index contributed by atoms with van der Waals surface area (Å²) in [5, 5.41) is 11.3. The third-order valence-corrected chi connectivity index (χ3v) is 3.70. The molecule has 3 aromatic heterocycles. The maximum atomic E-state index is 4.37. The molecule has 4 aromatic rings. The molecule has 0 aliphatic heterocycles. The largest absolute Gasteiger partial charge is 0.380 e. The van der Waals surface area contributed by atoms with Crippen LogP contribution in [-0.4, -0.2) is 20.2 Å². The zero-order valence-electron chi connectivity index (χ0n) is 12.4. The molecule has 0 fully saturated rings. The van der Waals surface area contributed by atoms with Crippen molar-refractivity contribution in [3.63, 3.8) is 0 Å². The average Bonchev–Trinajstić information content (AvgIpc) is 3.09. The van der Waals surface area contributed by atoms with E-state index in [-0.39, 0.29) is 0 Å². The molecule has 0 saturated heterocycles. The van der Waals surface area contributed by atoms with Gasteiger partial charge in [-0.3, -0.25) is 10.1 Å². The first-order valence-corrected chi connectivity index (χ1v) is 7.41. The highest BCUT2D eigenvalue weighted by molar-refractivity contribution is 5.80. The summed E-state index contributed by atoms with van der Waals surface area (Å²) >= 11 is 0. The number of anilines is 1. The molecule has 3 heterocycles. The smallest absolute Gasteiger partial charge is 0.155 e. The van der Waals surface area contributed by atoms with Crippen LogP contribution in [0.5, 0.6) is 0 Å². The van der Waals surface area contributed by atoms with Crippen LogP contribution < -0.4 is 5.32 Å². The highest BCUT2D eigenvalue weighted by atomic mass is 15.1. The summed E-state index contributed by atoms with van der Waals surface area (Å²) in [5.41, 5.74) is 5.06. The molecule has 0 aliphatic rings. The number of pyridine rings is 2. The number of nitrogens with zero attached hydrogens (tertiary/aromatic N) is 3. The SMILES string of the molecule is c1ccc(CNc2cncc(-c3cnc4[nH]ncc4c3)c2)cc1. The molecule has 23 heavy (non-hydrogen) atoms. The van der Waals surface area contributed by atoms with E-state index in [1.165, 1.54) is 5.56 Å². The van der Waals surface area contributed by atoms with Gasteiger partial charge in [0.15, 0.2) is 5.65 Å². The Kier molecular flexibility index (Phi) is 3.44. The fourth-order valence-corrected chi connectivity index (χ4v) is 2.49. The second-order valence-corrected chi connectivity index (χ2v) is 5.33. The second-order valence-electron chi connectivity index (χ2n) is 5.33. The van der Waals surface area contributed by atoms with Gasteiger partial charge in [-0.25, -0.2) is 4.98 Å². The van der Waals surface area contributed by atoms with Gasteiger partial charge in [0.2, 0.25) is 0 Å². The molecule has 0 spiro atoms. The van der Waals surface area contributed by atoms with Crippen molar-refractivity contribution in [2.45, 2.75) is 6.54 Å². The topological polar surface area (TPSA) is 66.5 Å². The summed E-state index contributed by atoms with van der Waals surface area (Å²) in [6, 6.07) is 14.4. The van der Waals surface area contributed by atoms with Gasteiger partial charge < -0.3 is 5.32 Å². The fourth-order valence-electron chi connectivity index (χ4n) is 2.49. The Balaban J connectivity index is 1.58. The quantitative estimate of drug-likeness (QED) is 0.604. The molecule has 2 N–H and O–H groups in total. The summed E-state index contributed by atoms with van der Waals surface area (Å²) in [6.07, 6.45) is 7.28. The van der Waals surface area contributed by atoms with Crippen LogP contribution in [0.25, 0.3) is 22.2 Å². The molecule has 0 amide bonds. The minimum absolute atomic E-state index is 0.769. The third kappa shape index (κ3) is 2.89. The lowest BCUT2D eigenvalue weighted by molar-refractivity contribution is 1.10. The number of nitrogens with one attached hydrogen (secondary N) is 2. The van der Waals surface area contributed by atoms with E-state index in [0.717, 1.165) is 34.4 Å². The molecule has 112 valence electrons. The minimum atomic E-state index is 0.769. The molecule has 0 atom stereocenters. The predicted octanol–water partition coefficient (Wildman–Crippen LogP) is 3.63. The van der Waals surface area contributed by atoms with Crippen molar-refractivity contribution in [1.82, 2.24) is 20.2 Å². The number of benzene rings is 1. The van der Waals surface area contributed by atoms with Gasteiger partial charge in [-0.1, -0.05) is 30.3 Å². The first-order chi connectivity index (χ1) is 11.4. The lowest BCUT2D eigenvalue weighted by atomic mass is 10.1. The molecule has 0 aliphatic carbocycles. The van der Waals surface area contributed by atoms with Crippen molar-refractivity contribution in [2.24, 2.45) is 0 Å². The van der Waals surface area contributed by atoms with Gasteiger partial charge in [0.25, 0.3) is 0 Å². The van der Waals surface area contributed by atoms with E-state index < -0.39 is 0 Å². The van der Waals surface area contributed by atoms with E-state index in [4.69, 9.17) is 0 Å². The Labute approximate surface area is 133 Å². The third-order valence-electron chi connectivity index (χ3n) is 3.70. The van der Waals surface area contributed by atoms with Crippen LogP contribution in [-0.2, 0) is 6.54 Å². The molecule has 0 radical (unpaired) electrons. The molecule has 5 heteroatoms. The molecule has 1 aromatic carbocycles. The molecule has 0 bridgehead atoms. The fraction of sp³-hybridized carbons (Fsp3) is 0.0556. The average molecular weight is 301 g/mol. The predicted molar refractivity (Wildman–Crippen MR) is 90.9 cm³/mol. The Morgan fingerprint density at radius 3 is 2.70 bits per heavy atom. The van der Waals surface area contributed by atoms with E-state index in [2.05, 4.69) is 49.7 Å². The molecular formula is C18H15N5. The van der Waals surface area contributed by atoms with Crippen molar-refractivity contribution >= 4 is 16.7 Å². The Morgan fingerprint density at radius 2 is 1.78 bits per heavy atom. The van der Waals surface area contributed by atoms with Crippen LogP contribution in [0, 0.1) is 0 Å². The number of hydrogen-bond donors (Lipinski definition) is 2. The van der Waals surface area contributed by atoms with Gasteiger partial charge in [-0.2, -0.15) is 5.10 Å². The van der Waals surface area contributed by atoms with Crippen molar-refractivity contribution in [1.29, 1.82) is 0 Å². The molecule has 5 nitrogen and oxygen atoms in total. The van der Waals surface area contributed by atoms with Crippen molar-refractivity contribution in [2.75, 3.05) is 5.32 Å².